The molecule has 5 nitrogen and oxygen atoms in total. The molecule has 124 valence electrons. The molecule has 0 amide bonds. The van der Waals surface area contributed by atoms with Crippen LogP contribution in [0.15, 0.2) is 18.3 Å². The van der Waals surface area contributed by atoms with Crippen LogP contribution in [0.3, 0.4) is 0 Å². The van der Waals surface area contributed by atoms with Crippen molar-refractivity contribution < 1.29 is 9.47 Å². The van der Waals surface area contributed by atoms with Gasteiger partial charge in [-0.05, 0) is 58.8 Å². The van der Waals surface area contributed by atoms with Gasteiger partial charge < -0.3 is 20.1 Å². The minimum atomic E-state index is -0.734. The van der Waals surface area contributed by atoms with Crippen LogP contribution >= 0.6 is 0 Å². The van der Waals surface area contributed by atoms with E-state index in [1.807, 2.05) is 33.0 Å². The summed E-state index contributed by atoms with van der Waals surface area (Å²) in [5, 5.41) is 7.03. The van der Waals surface area contributed by atoms with Crippen LogP contribution in [0.4, 0.5) is 0 Å². The van der Waals surface area contributed by atoms with Gasteiger partial charge in [0, 0.05) is 36.7 Å². The molecule has 2 rings (SSSR count). The number of rotatable bonds is 8. The Hall–Kier alpha value is -1.01. The zero-order valence-corrected chi connectivity index (χ0v) is 14.0. The van der Waals surface area contributed by atoms with Gasteiger partial charge in [0.2, 0.25) is 5.79 Å². The fraction of sp³-hybridized carbons (Fsp3) is 0.706. The van der Waals surface area contributed by atoms with Gasteiger partial charge in [-0.25, -0.2) is 0 Å². The normalized spacial score (nSPS) is 16.9. The third kappa shape index (κ3) is 4.49. The third-order valence-corrected chi connectivity index (χ3v) is 4.05. The predicted molar refractivity (Wildman–Crippen MR) is 87.8 cm³/mol. The van der Waals surface area contributed by atoms with Gasteiger partial charge in [-0.15, -0.1) is 0 Å². The first-order valence-electron chi connectivity index (χ1n) is 8.35. The summed E-state index contributed by atoms with van der Waals surface area (Å²) in [7, 11) is 0. The molecule has 2 N–H and O–H groups in total. The number of pyridine rings is 1. The molecule has 1 aliphatic heterocycles. The highest BCUT2D eigenvalue weighted by atomic mass is 16.7. The van der Waals surface area contributed by atoms with Gasteiger partial charge in [0.1, 0.15) is 0 Å². The lowest BCUT2D eigenvalue weighted by Gasteiger charge is -2.36. The van der Waals surface area contributed by atoms with E-state index in [-0.39, 0.29) is 0 Å². The van der Waals surface area contributed by atoms with Crippen molar-refractivity contribution in [3.63, 3.8) is 0 Å². The molecule has 1 aliphatic rings. The Labute approximate surface area is 133 Å². The van der Waals surface area contributed by atoms with E-state index in [1.165, 1.54) is 0 Å². The van der Waals surface area contributed by atoms with E-state index >= 15 is 0 Å². The lowest BCUT2D eigenvalue weighted by molar-refractivity contribution is -0.240. The average molecular weight is 307 g/mol. The summed E-state index contributed by atoms with van der Waals surface area (Å²) < 4.78 is 12.1. The minimum Gasteiger partial charge on any atom is -0.345 e. The topological polar surface area (TPSA) is 55.4 Å². The maximum absolute atomic E-state index is 6.07. The van der Waals surface area contributed by atoms with E-state index in [0.717, 1.165) is 37.2 Å². The van der Waals surface area contributed by atoms with Gasteiger partial charge in [0.05, 0.1) is 6.54 Å². The number of aromatic nitrogens is 1. The van der Waals surface area contributed by atoms with E-state index in [0.29, 0.717) is 25.8 Å². The Morgan fingerprint density at radius 3 is 2.55 bits per heavy atom. The molecule has 1 aromatic heterocycles. The van der Waals surface area contributed by atoms with Crippen molar-refractivity contribution in [3.8, 4) is 0 Å². The van der Waals surface area contributed by atoms with Crippen molar-refractivity contribution in [2.75, 3.05) is 32.8 Å². The third-order valence-electron chi connectivity index (χ3n) is 4.05. The number of hydrogen-bond acceptors (Lipinski definition) is 5. The van der Waals surface area contributed by atoms with Crippen LogP contribution in [0, 0.1) is 6.92 Å². The molecule has 0 saturated carbocycles. The molecule has 2 heterocycles. The number of ether oxygens (including phenoxy) is 2. The molecular weight excluding hydrogens is 278 g/mol. The van der Waals surface area contributed by atoms with E-state index in [9.17, 15) is 0 Å². The second-order valence-electron chi connectivity index (χ2n) is 5.71. The monoisotopic (exact) mass is 307 g/mol. The first kappa shape index (κ1) is 17.3. The molecule has 0 spiro atoms. The highest BCUT2D eigenvalue weighted by molar-refractivity contribution is 5.21. The quantitative estimate of drug-likeness (QED) is 0.719. The van der Waals surface area contributed by atoms with Crippen LogP contribution < -0.4 is 10.6 Å². The highest BCUT2D eigenvalue weighted by Crippen LogP contribution is 2.27. The fourth-order valence-electron chi connectivity index (χ4n) is 2.97. The number of piperidine rings is 1. The summed E-state index contributed by atoms with van der Waals surface area (Å²) >= 11 is 0. The molecule has 0 radical (unpaired) electrons. The second kappa shape index (κ2) is 8.58. The standard InChI is InChI=1S/C17H29N3O2/c1-4-21-17(22-5-2,15-6-11-19-14(3)12-15)13-20-16-7-9-18-10-8-16/h6,11-12,16,18,20H,4-5,7-10,13H2,1-3H3. The summed E-state index contributed by atoms with van der Waals surface area (Å²) in [6.07, 6.45) is 4.11. The molecule has 0 aliphatic carbocycles. The highest BCUT2D eigenvalue weighted by Gasteiger charge is 2.34. The lowest BCUT2D eigenvalue weighted by atomic mass is 10.0. The van der Waals surface area contributed by atoms with Crippen LogP contribution in [-0.2, 0) is 15.3 Å². The van der Waals surface area contributed by atoms with Crippen LogP contribution in [0.25, 0.3) is 0 Å². The summed E-state index contributed by atoms with van der Waals surface area (Å²) in [6.45, 7) is 10.0. The first-order valence-corrected chi connectivity index (χ1v) is 8.35. The van der Waals surface area contributed by atoms with Crippen molar-refractivity contribution in [3.05, 3.63) is 29.6 Å². The van der Waals surface area contributed by atoms with Crippen LogP contribution in [-0.4, -0.2) is 43.9 Å². The van der Waals surface area contributed by atoms with E-state index in [2.05, 4.69) is 21.7 Å². The first-order chi connectivity index (χ1) is 10.7. The number of nitrogens with one attached hydrogen (secondary N) is 2. The van der Waals surface area contributed by atoms with Gasteiger partial charge in [0.25, 0.3) is 0 Å². The molecule has 0 unspecified atom stereocenters. The number of nitrogens with zero attached hydrogens (tertiary/aromatic N) is 1. The van der Waals surface area contributed by atoms with Gasteiger partial charge in [-0.2, -0.15) is 0 Å². The van der Waals surface area contributed by atoms with Crippen LogP contribution in [0.1, 0.15) is 37.9 Å². The maximum atomic E-state index is 6.07. The molecule has 1 fully saturated rings. The Morgan fingerprint density at radius 1 is 1.27 bits per heavy atom. The summed E-state index contributed by atoms with van der Waals surface area (Å²) in [5.41, 5.74) is 2.01. The molecule has 22 heavy (non-hydrogen) atoms. The maximum Gasteiger partial charge on any atom is 0.207 e. The zero-order chi connectivity index (χ0) is 15.8. The molecule has 1 aromatic rings. The largest absolute Gasteiger partial charge is 0.345 e. The van der Waals surface area contributed by atoms with Gasteiger partial charge in [-0.3, -0.25) is 4.98 Å². The summed E-state index contributed by atoms with van der Waals surface area (Å²) in [4.78, 5) is 4.28. The van der Waals surface area contributed by atoms with E-state index in [4.69, 9.17) is 9.47 Å². The Kier molecular flexibility index (Phi) is 6.76. The van der Waals surface area contributed by atoms with Crippen molar-refractivity contribution >= 4 is 0 Å². The van der Waals surface area contributed by atoms with Gasteiger partial charge in [0.15, 0.2) is 0 Å². The summed E-state index contributed by atoms with van der Waals surface area (Å²) in [6, 6.07) is 4.56. The molecular formula is C17H29N3O2. The fourth-order valence-corrected chi connectivity index (χ4v) is 2.97. The lowest BCUT2D eigenvalue weighted by Crippen LogP contribution is -2.49. The molecule has 0 bridgehead atoms. The number of aryl methyl sites for hydroxylation is 1. The zero-order valence-electron chi connectivity index (χ0n) is 14.0. The smallest absolute Gasteiger partial charge is 0.207 e. The van der Waals surface area contributed by atoms with E-state index in [1.54, 1.807) is 0 Å². The number of hydrogen-bond donors (Lipinski definition) is 2. The average Bonchev–Trinajstić information content (AvgIpc) is 2.54. The second-order valence-corrected chi connectivity index (χ2v) is 5.71. The minimum absolute atomic E-state index is 0.518. The molecule has 0 atom stereocenters. The summed E-state index contributed by atoms with van der Waals surface area (Å²) in [5.74, 6) is -0.734. The SMILES string of the molecule is CCOC(CNC1CCNCC1)(OCC)c1ccnc(C)c1. The van der Waals surface area contributed by atoms with Gasteiger partial charge in [-0.1, -0.05) is 0 Å². The van der Waals surface area contributed by atoms with Gasteiger partial charge >= 0.3 is 0 Å². The van der Waals surface area contributed by atoms with E-state index < -0.39 is 5.79 Å². The Bertz CT molecular complexity index is 441. The molecule has 5 heteroatoms. The van der Waals surface area contributed by atoms with Crippen molar-refractivity contribution in [1.82, 2.24) is 15.6 Å². The van der Waals surface area contributed by atoms with Crippen molar-refractivity contribution in [1.29, 1.82) is 0 Å². The Morgan fingerprint density at radius 2 is 1.95 bits per heavy atom. The van der Waals surface area contributed by atoms with Crippen LogP contribution in [0.2, 0.25) is 0 Å². The van der Waals surface area contributed by atoms with Crippen LogP contribution in [0.5, 0.6) is 0 Å². The predicted octanol–water partition coefficient (Wildman–Crippen LogP) is 1.96. The van der Waals surface area contributed by atoms with Crippen molar-refractivity contribution in [2.45, 2.75) is 45.4 Å². The molecule has 0 aromatic carbocycles. The van der Waals surface area contributed by atoms with Crippen molar-refractivity contribution in [2.24, 2.45) is 0 Å². The Balaban J connectivity index is 2.15. The molecule has 1 saturated heterocycles.